The number of anilines is 4. The van der Waals surface area contributed by atoms with Crippen LogP contribution in [-0.4, -0.2) is 9.55 Å². The summed E-state index contributed by atoms with van der Waals surface area (Å²) < 4.78 is 38.9. The van der Waals surface area contributed by atoms with Crippen molar-refractivity contribution in [1.29, 1.82) is 0 Å². The second-order valence-corrected chi connectivity index (χ2v) is 17.7. The monoisotopic (exact) mass is 1060 g/mol. The van der Waals surface area contributed by atoms with Crippen LogP contribution in [0.5, 0.6) is 11.5 Å². The average Bonchev–Trinajstić information content (AvgIpc) is 3.87. The molecular weight excluding hydrogens is 1010 g/mol. The molecule has 0 atom stereocenters. The molecule has 0 saturated heterocycles. The van der Waals surface area contributed by atoms with Gasteiger partial charge >= 0.3 is 0 Å². The first-order valence-electron chi connectivity index (χ1n) is 22.0. The molecule has 0 saturated carbocycles. The molecule has 0 N–H and O–H groups in total. The quantitative estimate of drug-likeness (QED) is 0.142. The van der Waals surface area contributed by atoms with Gasteiger partial charge < -0.3 is 19.1 Å². The Labute approximate surface area is 403 Å². The smallest absolute Gasteiger partial charge is 0.135 e. The minimum atomic E-state index is -0.645. The van der Waals surface area contributed by atoms with E-state index >= 15 is 0 Å². The Morgan fingerprint density at radius 3 is 1.99 bits per heavy atom. The Morgan fingerprint density at radius 1 is 0.567 bits per heavy atom. The van der Waals surface area contributed by atoms with Gasteiger partial charge in [0.1, 0.15) is 17.5 Å². The fourth-order valence-corrected chi connectivity index (χ4v) is 9.14. The van der Waals surface area contributed by atoms with Crippen molar-refractivity contribution >= 4 is 44.6 Å². The van der Waals surface area contributed by atoms with Gasteiger partial charge in [-0.1, -0.05) is 129 Å². The van der Waals surface area contributed by atoms with Gasteiger partial charge in [0.15, 0.2) is 0 Å². The van der Waals surface area contributed by atoms with Gasteiger partial charge in [0, 0.05) is 78.5 Å². The molecule has 8 heteroatoms. The van der Waals surface area contributed by atoms with Crippen LogP contribution in [0.25, 0.3) is 61.0 Å². The summed E-state index contributed by atoms with van der Waals surface area (Å²) in [4.78, 5) is 9.07. The third-order valence-electron chi connectivity index (χ3n) is 12.3. The standard InChI is InChI=1S/C59H43F2N4O.Pt/c1-38-15-8-9-18-48(38)41-31-45(35-47(32-41)66-46-25-26-52-51-19-10-11-22-53(51)65(56(52)36-46)57-33-42(27-28-62-57)59(2,3)4)63-37-64(55-24-13-12-23-54(55)63)58-49(39-16-6-5-7-17-39)20-14-21-50(58)40-29-43(60)34-44(61)30-40;/h5-34,37H,1-4H3;/q-3;. The number of aromatic nitrogens is 2. The van der Waals surface area contributed by atoms with Crippen molar-refractivity contribution in [3.05, 3.63) is 224 Å². The number of fused-ring (bicyclic) bond motifs is 4. The molecule has 0 spiro atoms. The molecule has 0 unspecified atom stereocenters. The molecule has 67 heavy (non-hydrogen) atoms. The van der Waals surface area contributed by atoms with Crippen LogP contribution in [0, 0.1) is 37.4 Å². The minimum Gasteiger partial charge on any atom is -0.509 e. The van der Waals surface area contributed by atoms with Crippen molar-refractivity contribution in [3.8, 4) is 50.7 Å². The molecule has 0 radical (unpaired) electrons. The van der Waals surface area contributed by atoms with Crippen LogP contribution in [0.2, 0.25) is 0 Å². The van der Waals surface area contributed by atoms with E-state index in [1.165, 1.54) is 17.7 Å². The van der Waals surface area contributed by atoms with E-state index in [0.717, 1.165) is 84.3 Å². The summed E-state index contributed by atoms with van der Waals surface area (Å²) in [6.45, 7) is 10.7. The van der Waals surface area contributed by atoms with Crippen LogP contribution < -0.4 is 14.5 Å². The minimum absolute atomic E-state index is 0. The Kier molecular flexibility index (Phi) is 11.4. The van der Waals surface area contributed by atoms with E-state index in [9.17, 15) is 8.78 Å². The van der Waals surface area contributed by atoms with Crippen LogP contribution >= 0.6 is 0 Å². The van der Waals surface area contributed by atoms with Crippen molar-refractivity contribution < 1.29 is 34.6 Å². The second kappa shape index (κ2) is 17.5. The first-order valence-corrected chi connectivity index (χ1v) is 22.0. The summed E-state index contributed by atoms with van der Waals surface area (Å²) in [5.74, 6) is 0.547. The molecular formula is C59H43F2N4OPt-3. The zero-order valence-electron chi connectivity index (χ0n) is 37.2. The van der Waals surface area contributed by atoms with Gasteiger partial charge in [-0.05, 0) is 88.0 Å². The Hall–Kier alpha value is -7.34. The van der Waals surface area contributed by atoms with Gasteiger partial charge in [-0.2, -0.15) is 6.07 Å². The summed E-state index contributed by atoms with van der Waals surface area (Å²) in [5, 5.41) is 2.14. The second-order valence-electron chi connectivity index (χ2n) is 17.7. The maximum atomic E-state index is 15.0. The van der Waals surface area contributed by atoms with E-state index in [2.05, 4.69) is 121 Å². The Bertz CT molecular complexity index is 3470. The van der Waals surface area contributed by atoms with Crippen molar-refractivity contribution in [2.45, 2.75) is 33.1 Å². The fraction of sp³-hybridized carbons (Fsp3) is 0.0847. The number of pyridine rings is 1. The molecule has 0 fully saturated rings. The molecule has 8 aromatic carbocycles. The van der Waals surface area contributed by atoms with Crippen LogP contribution in [-0.2, 0) is 26.5 Å². The van der Waals surface area contributed by atoms with E-state index in [-0.39, 0.29) is 26.5 Å². The third-order valence-corrected chi connectivity index (χ3v) is 12.3. The summed E-state index contributed by atoms with van der Waals surface area (Å²) in [7, 11) is 0. The number of para-hydroxylation sites is 4. The Morgan fingerprint density at radius 2 is 1.22 bits per heavy atom. The normalized spacial score (nSPS) is 12.4. The number of hydrogen-bond donors (Lipinski definition) is 0. The number of benzene rings is 8. The van der Waals surface area contributed by atoms with Gasteiger partial charge in [-0.15, -0.1) is 53.6 Å². The SMILES string of the molecule is Cc1ccccc1-c1cc(Oc2[c-]c3c(cc2)c2ccccc2n3-c2cc(C(C)(C)C)ccn2)[c-]c(N2[CH-]N(c3c(-c4ccccc4)cccc3-c3cc(F)cc(F)c3)c3ccccc32)c1.[Pt]. The maximum Gasteiger partial charge on any atom is 0.135 e. The van der Waals surface area contributed by atoms with Crippen molar-refractivity contribution in [2.24, 2.45) is 0 Å². The molecule has 332 valence electrons. The van der Waals surface area contributed by atoms with E-state index < -0.39 is 11.6 Å². The van der Waals surface area contributed by atoms with Crippen LogP contribution in [0.1, 0.15) is 31.9 Å². The molecule has 3 heterocycles. The van der Waals surface area contributed by atoms with Gasteiger partial charge in [-0.25, -0.2) is 13.8 Å². The molecule has 1 aliphatic heterocycles. The summed E-state index contributed by atoms with van der Waals surface area (Å²) >= 11 is 0. The molecule has 2 aromatic heterocycles. The van der Waals surface area contributed by atoms with E-state index in [1.807, 2.05) is 104 Å². The number of rotatable bonds is 8. The van der Waals surface area contributed by atoms with Gasteiger partial charge in [0.25, 0.3) is 0 Å². The summed E-state index contributed by atoms with van der Waals surface area (Å²) in [6.07, 6.45) is 1.88. The molecule has 1 aliphatic rings. The average molecular weight is 1060 g/mol. The van der Waals surface area contributed by atoms with E-state index in [1.54, 1.807) is 0 Å². The molecule has 0 bridgehead atoms. The van der Waals surface area contributed by atoms with Crippen molar-refractivity contribution in [2.75, 3.05) is 9.80 Å². The third kappa shape index (κ3) is 8.08. The van der Waals surface area contributed by atoms with Crippen molar-refractivity contribution in [1.82, 2.24) is 9.55 Å². The summed E-state index contributed by atoms with van der Waals surface area (Å²) in [5.41, 5.74) is 12.3. The Balaban J connectivity index is 0.00000525. The first-order chi connectivity index (χ1) is 32.1. The van der Waals surface area contributed by atoms with Crippen molar-refractivity contribution in [3.63, 3.8) is 0 Å². The summed E-state index contributed by atoms with van der Waals surface area (Å²) in [6, 6.07) is 64.1. The zero-order valence-corrected chi connectivity index (χ0v) is 39.4. The first kappa shape index (κ1) is 43.5. The van der Waals surface area contributed by atoms with Crippen LogP contribution in [0.4, 0.5) is 31.5 Å². The van der Waals surface area contributed by atoms with Gasteiger partial charge in [0.05, 0.1) is 0 Å². The number of nitrogens with zero attached hydrogens (tertiary/aromatic N) is 4. The van der Waals surface area contributed by atoms with E-state index in [0.29, 0.717) is 22.6 Å². The number of ether oxygens (including phenoxy) is 1. The van der Waals surface area contributed by atoms with E-state index in [4.69, 9.17) is 9.72 Å². The largest absolute Gasteiger partial charge is 0.509 e. The maximum absolute atomic E-state index is 15.0. The predicted molar refractivity (Wildman–Crippen MR) is 264 cm³/mol. The molecule has 0 amide bonds. The van der Waals surface area contributed by atoms with Gasteiger partial charge in [-0.3, -0.25) is 0 Å². The number of halogens is 2. The van der Waals surface area contributed by atoms with Crippen LogP contribution in [0.15, 0.2) is 182 Å². The predicted octanol–water partition coefficient (Wildman–Crippen LogP) is 15.9. The van der Waals surface area contributed by atoms with Gasteiger partial charge in [0.2, 0.25) is 0 Å². The molecule has 10 aromatic rings. The van der Waals surface area contributed by atoms with Crippen LogP contribution in [0.3, 0.4) is 0 Å². The molecule has 0 aliphatic carbocycles. The topological polar surface area (TPSA) is 33.5 Å². The molecule has 5 nitrogen and oxygen atoms in total. The molecule has 11 rings (SSSR count). The zero-order chi connectivity index (χ0) is 45.1. The number of aryl methyl sites for hydroxylation is 1. The number of hydrogen-bond acceptors (Lipinski definition) is 4. The fourth-order valence-electron chi connectivity index (χ4n) is 9.14.